The Hall–Kier alpha value is -1.06. The summed E-state index contributed by atoms with van der Waals surface area (Å²) in [6, 6.07) is 6.99. The molecule has 0 aliphatic carbocycles. The van der Waals surface area contributed by atoms with Crippen LogP contribution in [-0.2, 0) is 11.2 Å². The molecule has 3 nitrogen and oxygen atoms in total. The molecule has 20 heavy (non-hydrogen) atoms. The van der Waals surface area contributed by atoms with Crippen molar-refractivity contribution < 1.29 is 9.47 Å². The topological polar surface area (TPSA) is 30.5 Å². The van der Waals surface area contributed by atoms with Crippen molar-refractivity contribution in [2.45, 2.75) is 57.3 Å². The molecule has 1 fully saturated rings. The average Bonchev–Trinajstić information content (AvgIpc) is 3.00. The minimum atomic E-state index is -0.0648. The van der Waals surface area contributed by atoms with Crippen LogP contribution in [0.3, 0.4) is 0 Å². The highest BCUT2D eigenvalue weighted by molar-refractivity contribution is 5.42. The number of hydrogen-bond acceptors (Lipinski definition) is 3. The number of rotatable bonds is 4. The van der Waals surface area contributed by atoms with Crippen LogP contribution in [0.25, 0.3) is 0 Å². The maximum Gasteiger partial charge on any atom is 0.123 e. The van der Waals surface area contributed by atoms with Crippen molar-refractivity contribution in [1.29, 1.82) is 0 Å². The van der Waals surface area contributed by atoms with Crippen LogP contribution in [0.4, 0.5) is 0 Å². The van der Waals surface area contributed by atoms with Gasteiger partial charge >= 0.3 is 0 Å². The molecule has 2 unspecified atom stereocenters. The molecule has 1 saturated heterocycles. The van der Waals surface area contributed by atoms with E-state index in [1.54, 1.807) is 0 Å². The highest BCUT2D eigenvalue weighted by Crippen LogP contribution is 2.37. The summed E-state index contributed by atoms with van der Waals surface area (Å²) in [4.78, 5) is 0. The van der Waals surface area contributed by atoms with Crippen molar-refractivity contribution >= 4 is 0 Å². The molecule has 110 valence electrons. The molecule has 0 saturated carbocycles. The van der Waals surface area contributed by atoms with E-state index in [2.05, 4.69) is 37.4 Å². The Balaban J connectivity index is 1.76. The van der Waals surface area contributed by atoms with Gasteiger partial charge < -0.3 is 14.8 Å². The summed E-state index contributed by atoms with van der Waals surface area (Å²) >= 11 is 0. The molecule has 3 heteroatoms. The Labute approximate surface area is 121 Å². The lowest BCUT2D eigenvalue weighted by Crippen LogP contribution is -2.24. The highest BCUT2D eigenvalue weighted by Gasteiger charge is 2.30. The molecular formula is C17H25NO2. The fourth-order valence-electron chi connectivity index (χ4n) is 3.36. The fourth-order valence-corrected chi connectivity index (χ4v) is 3.36. The Bertz CT molecular complexity index is 478. The van der Waals surface area contributed by atoms with Gasteiger partial charge in [0.25, 0.3) is 0 Å². The molecule has 2 aliphatic heterocycles. The Morgan fingerprint density at radius 2 is 2.25 bits per heavy atom. The lowest BCUT2D eigenvalue weighted by atomic mass is 9.95. The van der Waals surface area contributed by atoms with Gasteiger partial charge in [-0.25, -0.2) is 0 Å². The minimum absolute atomic E-state index is 0.0648. The van der Waals surface area contributed by atoms with Crippen molar-refractivity contribution in [2.75, 3.05) is 13.7 Å². The van der Waals surface area contributed by atoms with Gasteiger partial charge in [-0.05, 0) is 57.4 Å². The van der Waals surface area contributed by atoms with E-state index in [9.17, 15) is 0 Å². The van der Waals surface area contributed by atoms with Gasteiger partial charge in [-0.2, -0.15) is 0 Å². The van der Waals surface area contributed by atoms with E-state index in [-0.39, 0.29) is 5.60 Å². The summed E-state index contributed by atoms with van der Waals surface area (Å²) in [6.07, 6.45) is 4.85. The monoisotopic (exact) mass is 275 g/mol. The van der Waals surface area contributed by atoms with E-state index in [0.29, 0.717) is 12.1 Å². The second-order valence-electron chi connectivity index (χ2n) is 6.62. The van der Waals surface area contributed by atoms with E-state index in [4.69, 9.17) is 9.47 Å². The standard InChI is InChI=1S/C17H25NO2/c1-17(2)11-13-9-12(6-7-16(13)20-17)15(18-3)10-14-5-4-8-19-14/h6-7,9,14-15,18H,4-5,8,10-11H2,1-3H3. The van der Waals surface area contributed by atoms with Crippen LogP contribution >= 0.6 is 0 Å². The molecule has 1 aromatic carbocycles. The second kappa shape index (κ2) is 5.38. The fraction of sp³-hybridized carbons (Fsp3) is 0.647. The number of hydrogen-bond donors (Lipinski definition) is 1. The SMILES string of the molecule is CNC(CC1CCCO1)c1ccc2c(c1)CC(C)(C)O2. The number of fused-ring (bicyclic) bond motifs is 1. The molecule has 0 bridgehead atoms. The first-order chi connectivity index (χ1) is 9.57. The highest BCUT2D eigenvalue weighted by atomic mass is 16.5. The van der Waals surface area contributed by atoms with Gasteiger partial charge in [-0.15, -0.1) is 0 Å². The Morgan fingerprint density at radius 3 is 2.95 bits per heavy atom. The summed E-state index contributed by atoms with van der Waals surface area (Å²) < 4.78 is 11.7. The van der Waals surface area contributed by atoms with Gasteiger partial charge in [0.2, 0.25) is 0 Å². The molecule has 2 atom stereocenters. The summed E-state index contributed by atoms with van der Waals surface area (Å²) in [7, 11) is 2.04. The van der Waals surface area contributed by atoms with Crippen LogP contribution < -0.4 is 10.1 Å². The van der Waals surface area contributed by atoms with Gasteiger partial charge in [-0.1, -0.05) is 12.1 Å². The molecule has 0 amide bonds. The van der Waals surface area contributed by atoms with Gasteiger partial charge in [0.1, 0.15) is 11.4 Å². The molecule has 0 spiro atoms. The zero-order chi connectivity index (χ0) is 14.2. The van der Waals surface area contributed by atoms with Crippen LogP contribution in [0.1, 0.15) is 50.3 Å². The molecule has 3 rings (SSSR count). The first kappa shape index (κ1) is 13.9. The molecular weight excluding hydrogens is 250 g/mol. The Kier molecular flexibility index (Phi) is 3.74. The van der Waals surface area contributed by atoms with Crippen molar-refractivity contribution in [2.24, 2.45) is 0 Å². The molecule has 1 N–H and O–H groups in total. The van der Waals surface area contributed by atoms with Gasteiger partial charge in [0, 0.05) is 19.1 Å². The summed E-state index contributed by atoms with van der Waals surface area (Å²) in [5, 5.41) is 3.44. The summed E-state index contributed by atoms with van der Waals surface area (Å²) in [5.74, 6) is 1.05. The second-order valence-corrected chi connectivity index (χ2v) is 6.62. The van der Waals surface area contributed by atoms with E-state index >= 15 is 0 Å². The van der Waals surface area contributed by atoms with Crippen LogP contribution in [0, 0.1) is 0 Å². The summed E-state index contributed by atoms with van der Waals surface area (Å²) in [5.41, 5.74) is 2.62. The molecule has 2 aliphatic rings. The number of nitrogens with one attached hydrogen (secondary N) is 1. The van der Waals surface area contributed by atoms with E-state index < -0.39 is 0 Å². The van der Waals surface area contributed by atoms with Crippen molar-refractivity contribution in [3.63, 3.8) is 0 Å². The smallest absolute Gasteiger partial charge is 0.123 e. The molecule has 0 aromatic heterocycles. The average molecular weight is 275 g/mol. The van der Waals surface area contributed by atoms with Crippen LogP contribution in [-0.4, -0.2) is 25.4 Å². The molecule has 2 heterocycles. The van der Waals surface area contributed by atoms with E-state index in [1.807, 2.05) is 7.05 Å². The van der Waals surface area contributed by atoms with Crippen molar-refractivity contribution in [1.82, 2.24) is 5.32 Å². The summed E-state index contributed by atoms with van der Waals surface area (Å²) in [6.45, 7) is 5.22. The number of benzene rings is 1. The first-order valence-corrected chi connectivity index (χ1v) is 7.68. The third kappa shape index (κ3) is 2.84. The van der Waals surface area contributed by atoms with Crippen molar-refractivity contribution in [3.05, 3.63) is 29.3 Å². The van der Waals surface area contributed by atoms with Gasteiger partial charge in [0.15, 0.2) is 0 Å². The molecule has 1 aromatic rings. The predicted molar refractivity (Wildman–Crippen MR) is 80.2 cm³/mol. The maximum atomic E-state index is 5.95. The zero-order valence-corrected chi connectivity index (χ0v) is 12.7. The lowest BCUT2D eigenvalue weighted by Gasteiger charge is -2.20. The molecule has 0 radical (unpaired) electrons. The number of ether oxygens (including phenoxy) is 2. The predicted octanol–water partition coefficient (Wildman–Crippen LogP) is 3.23. The maximum absolute atomic E-state index is 5.95. The van der Waals surface area contributed by atoms with Gasteiger partial charge in [0.05, 0.1) is 6.10 Å². The largest absolute Gasteiger partial charge is 0.487 e. The zero-order valence-electron chi connectivity index (χ0n) is 12.7. The van der Waals surface area contributed by atoms with Gasteiger partial charge in [-0.3, -0.25) is 0 Å². The Morgan fingerprint density at radius 1 is 1.40 bits per heavy atom. The van der Waals surface area contributed by atoms with E-state index in [0.717, 1.165) is 25.2 Å². The van der Waals surface area contributed by atoms with Crippen molar-refractivity contribution in [3.8, 4) is 5.75 Å². The minimum Gasteiger partial charge on any atom is -0.487 e. The van der Waals surface area contributed by atoms with Crippen LogP contribution in [0.5, 0.6) is 5.75 Å². The normalized spacial score (nSPS) is 25.2. The third-order valence-corrected chi connectivity index (χ3v) is 4.36. The lowest BCUT2D eigenvalue weighted by molar-refractivity contribution is 0.0954. The quantitative estimate of drug-likeness (QED) is 0.915. The van der Waals surface area contributed by atoms with E-state index in [1.165, 1.54) is 24.0 Å². The first-order valence-electron chi connectivity index (χ1n) is 7.68. The van der Waals surface area contributed by atoms with Crippen LogP contribution in [0.15, 0.2) is 18.2 Å². The third-order valence-electron chi connectivity index (χ3n) is 4.36. The van der Waals surface area contributed by atoms with Crippen LogP contribution in [0.2, 0.25) is 0 Å².